The normalized spacial score (nSPS) is 14.8. The van der Waals surface area contributed by atoms with E-state index in [1.807, 2.05) is 0 Å². The van der Waals surface area contributed by atoms with Crippen molar-refractivity contribution in [2.45, 2.75) is 296 Å². The molecule has 5 unspecified atom stereocenters. The molecule has 0 radical (unpaired) electrons. The first-order valence-corrected chi connectivity index (χ1v) is 37.5. The van der Waals surface area contributed by atoms with Crippen molar-refractivity contribution in [3.05, 3.63) is 97.2 Å². The number of carbonyl (C=O) groups is 3. The lowest BCUT2D eigenvalue weighted by Crippen LogP contribution is -2.30. The lowest BCUT2D eigenvalue weighted by Gasteiger charge is -2.21. The minimum absolute atomic E-state index is 0.104. The van der Waals surface area contributed by atoms with Crippen LogP contribution in [0.3, 0.4) is 0 Å². The summed E-state index contributed by atoms with van der Waals surface area (Å²) in [4.78, 5) is 58.4. The summed E-state index contributed by atoms with van der Waals surface area (Å²) in [6.07, 6.45) is 70.3. The number of phosphoric acid groups is 2. The number of unbranched alkanes of at least 4 members (excludes halogenated alkanes) is 26. The van der Waals surface area contributed by atoms with Gasteiger partial charge >= 0.3 is 33.6 Å². The molecule has 0 spiro atoms. The molecule has 18 heteroatoms. The van der Waals surface area contributed by atoms with Gasteiger partial charge < -0.3 is 34.2 Å². The Balaban J connectivity index is 4.61. The zero-order valence-corrected chi connectivity index (χ0v) is 57.4. The first-order valence-electron chi connectivity index (χ1n) is 34.5. The fourth-order valence-corrected chi connectivity index (χ4v) is 10.7. The van der Waals surface area contributed by atoms with Crippen molar-refractivity contribution < 1.29 is 75.8 Å². The van der Waals surface area contributed by atoms with Gasteiger partial charge in [0.15, 0.2) is 6.10 Å². The van der Waals surface area contributed by atoms with Crippen molar-refractivity contribution in [3.63, 3.8) is 0 Å². The molecule has 0 rings (SSSR count). The third-order valence-corrected chi connectivity index (χ3v) is 16.2. The third-order valence-electron chi connectivity index (χ3n) is 14.3. The van der Waals surface area contributed by atoms with Gasteiger partial charge in [0.1, 0.15) is 25.4 Å². The Morgan fingerprint density at radius 2 is 0.596 bits per heavy atom. The molecule has 514 valence electrons. The van der Waals surface area contributed by atoms with Gasteiger partial charge in [0.2, 0.25) is 0 Å². The largest absolute Gasteiger partial charge is 0.472 e. The van der Waals surface area contributed by atoms with E-state index in [1.165, 1.54) is 64.2 Å². The fraction of sp³-hybridized carbons (Fsp3) is 0.732. The van der Waals surface area contributed by atoms with E-state index < -0.39 is 91.5 Å². The molecule has 0 bridgehead atoms. The molecule has 4 N–H and O–H groups in total. The molecule has 5 atom stereocenters. The summed E-state index contributed by atoms with van der Waals surface area (Å²) in [5, 5.41) is 20.5. The van der Waals surface area contributed by atoms with Crippen LogP contribution in [0.15, 0.2) is 97.2 Å². The molecule has 0 heterocycles. The van der Waals surface area contributed by atoms with Crippen molar-refractivity contribution in [2.75, 3.05) is 39.6 Å². The van der Waals surface area contributed by atoms with Crippen LogP contribution in [0.1, 0.15) is 278 Å². The predicted molar refractivity (Wildman–Crippen MR) is 362 cm³/mol. The Kier molecular flexibility index (Phi) is 62.0. The van der Waals surface area contributed by atoms with Crippen LogP contribution < -0.4 is 0 Å². The van der Waals surface area contributed by atoms with Crippen LogP contribution in [-0.4, -0.2) is 95.9 Å². The van der Waals surface area contributed by atoms with Gasteiger partial charge in [-0.15, -0.1) is 0 Å². The molecule has 0 saturated carbocycles. The molecule has 0 aromatic carbocycles. The highest BCUT2D eigenvalue weighted by Gasteiger charge is 2.29. The van der Waals surface area contributed by atoms with Crippen LogP contribution in [-0.2, 0) is 55.8 Å². The average molecular weight is 1300 g/mol. The van der Waals surface area contributed by atoms with Crippen molar-refractivity contribution in [2.24, 2.45) is 0 Å². The number of aliphatic hydroxyl groups is 2. The second kappa shape index (κ2) is 64.6. The second-order valence-corrected chi connectivity index (χ2v) is 25.8. The van der Waals surface area contributed by atoms with Crippen LogP contribution in [0.4, 0.5) is 0 Å². The Hall–Kier alpha value is -3.53. The third kappa shape index (κ3) is 65.8. The van der Waals surface area contributed by atoms with Gasteiger partial charge in [0.05, 0.1) is 26.4 Å². The Morgan fingerprint density at radius 3 is 0.944 bits per heavy atom. The number of phosphoric ester groups is 2. The van der Waals surface area contributed by atoms with Crippen LogP contribution in [0, 0.1) is 0 Å². The average Bonchev–Trinajstić information content (AvgIpc) is 3.65. The summed E-state index contributed by atoms with van der Waals surface area (Å²) in [6, 6.07) is 0. The van der Waals surface area contributed by atoms with Crippen LogP contribution >= 0.6 is 15.6 Å². The number of allylic oxidation sites excluding steroid dienone is 16. The van der Waals surface area contributed by atoms with Crippen molar-refractivity contribution in [1.29, 1.82) is 0 Å². The van der Waals surface area contributed by atoms with Gasteiger partial charge in [-0.3, -0.25) is 32.5 Å². The summed E-state index contributed by atoms with van der Waals surface area (Å²) < 4.78 is 60.9. The lowest BCUT2D eigenvalue weighted by molar-refractivity contribution is -0.161. The number of hydrogen-bond acceptors (Lipinski definition) is 14. The predicted octanol–water partition coefficient (Wildman–Crippen LogP) is 19.1. The first kappa shape index (κ1) is 85.5. The molecular weight excluding hydrogens is 1170 g/mol. The number of esters is 3. The number of ether oxygens (including phenoxy) is 3. The van der Waals surface area contributed by atoms with Crippen molar-refractivity contribution in [1.82, 2.24) is 0 Å². The Bertz CT molecular complexity index is 2010. The molecule has 89 heavy (non-hydrogen) atoms. The molecular formula is C71H124O16P2. The zero-order chi connectivity index (χ0) is 65.3. The van der Waals surface area contributed by atoms with Gasteiger partial charge in [-0.1, -0.05) is 259 Å². The SMILES string of the molecule is CC/C=C\C/C=C\C/C=C\C/C=C\C/C=C\CCCCCCCCCC(=O)OCC(O)COP(=O)(O)OCC(O)COP(=O)(O)OCC(COC(=O)CCCCCCC/C=C\C/C=C\C/C=C\CC)OC(=O)CCCCCCCCCCCCCCCCC. The van der Waals surface area contributed by atoms with Gasteiger partial charge in [0.25, 0.3) is 0 Å². The molecule has 16 nitrogen and oxygen atoms in total. The molecule has 0 fully saturated rings. The van der Waals surface area contributed by atoms with Gasteiger partial charge in [-0.05, 0) is 96.3 Å². The highest BCUT2D eigenvalue weighted by atomic mass is 31.2. The minimum Gasteiger partial charge on any atom is -0.463 e. The van der Waals surface area contributed by atoms with Gasteiger partial charge in [-0.25, -0.2) is 9.13 Å². The number of carbonyl (C=O) groups excluding carboxylic acids is 3. The minimum atomic E-state index is -4.92. The van der Waals surface area contributed by atoms with E-state index in [0.717, 1.165) is 154 Å². The summed E-state index contributed by atoms with van der Waals surface area (Å²) in [5.74, 6) is -1.60. The smallest absolute Gasteiger partial charge is 0.463 e. The van der Waals surface area contributed by atoms with Gasteiger partial charge in [0, 0.05) is 19.3 Å². The maximum Gasteiger partial charge on any atom is 0.472 e. The number of aliphatic hydroxyl groups excluding tert-OH is 2. The van der Waals surface area contributed by atoms with E-state index in [1.54, 1.807) is 0 Å². The molecule has 0 aliphatic heterocycles. The van der Waals surface area contributed by atoms with E-state index >= 15 is 0 Å². The Morgan fingerprint density at radius 1 is 0.326 bits per heavy atom. The maximum atomic E-state index is 12.9. The van der Waals surface area contributed by atoms with E-state index in [2.05, 4.69) is 118 Å². The van der Waals surface area contributed by atoms with Crippen molar-refractivity contribution in [3.8, 4) is 0 Å². The topological polar surface area (TPSA) is 231 Å². The molecule has 0 aliphatic rings. The van der Waals surface area contributed by atoms with E-state index in [0.29, 0.717) is 19.3 Å². The molecule has 0 amide bonds. The van der Waals surface area contributed by atoms with Gasteiger partial charge in [-0.2, -0.15) is 0 Å². The molecule has 0 aromatic heterocycles. The number of hydrogen-bond donors (Lipinski definition) is 4. The molecule has 0 saturated heterocycles. The standard InChI is InChI=1S/C71H124O16P2/c1-4-7-10-13-16-19-22-25-28-29-30-31-32-33-34-35-38-40-42-45-48-51-54-57-69(74)81-60-66(72)61-83-88(77,78)84-62-67(73)63-85-89(79,80)86-65-68(87-71(76)59-56-53-50-47-44-41-37-27-24-21-18-15-12-9-6-3)64-82-70(75)58-55-52-49-46-43-39-36-26-23-20-17-14-11-8-5-2/h7-8,10-11,16-17,19-20,25-26,28,30-31,33-34,36,66-68,72-73H,4-6,9,12-15,18,21-24,27,29,32,35,37-65H2,1-3H3,(H,77,78)(H,79,80)/b10-7-,11-8-,19-16-,20-17-,28-25-,31-30-,34-33-,36-26-. The maximum absolute atomic E-state index is 12.9. The van der Waals surface area contributed by atoms with Crippen molar-refractivity contribution >= 4 is 33.6 Å². The monoisotopic (exact) mass is 1290 g/mol. The summed E-state index contributed by atoms with van der Waals surface area (Å²) in [6.45, 7) is 2.43. The summed E-state index contributed by atoms with van der Waals surface area (Å²) in [5.41, 5.74) is 0. The first-order chi connectivity index (χ1) is 43.2. The quantitative estimate of drug-likeness (QED) is 0.0146. The molecule has 0 aromatic rings. The van der Waals surface area contributed by atoms with Crippen LogP contribution in [0.25, 0.3) is 0 Å². The number of rotatable bonds is 65. The van der Waals surface area contributed by atoms with Crippen LogP contribution in [0.5, 0.6) is 0 Å². The zero-order valence-electron chi connectivity index (χ0n) is 55.6. The lowest BCUT2D eigenvalue weighted by atomic mass is 10.0. The van der Waals surface area contributed by atoms with E-state index in [9.17, 15) is 43.5 Å². The van der Waals surface area contributed by atoms with Crippen LogP contribution in [0.2, 0.25) is 0 Å². The molecule has 0 aliphatic carbocycles. The Labute approximate surface area is 539 Å². The summed E-state index contributed by atoms with van der Waals surface area (Å²) >= 11 is 0. The summed E-state index contributed by atoms with van der Waals surface area (Å²) in [7, 11) is -9.78. The second-order valence-electron chi connectivity index (χ2n) is 22.9. The fourth-order valence-electron chi connectivity index (χ4n) is 9.08. The van der Waals surface area contributed by atoms with E-state index in [-0.39, 0.29) is 19.3 Å². The highest BCUT2D eigenvalue weighted by Crippen LogP contribution is 2.45. The highest BCUT2D eigenvalue weighted by molar-refractivity contribution is 7.47. The van der Waals surface area contributed by atoms with E-state index in [4.69, 9.17) is 32.3 Å².